The molecule has 2 fully saturated rings. The number of hydrogen-bond acceptors (Lipinski definition) is 5. The van der Waals surface area contributed by atoms with E-state index in [9.17, 15) is 5.11 Å². The predicted octanol–water partition coefficient (Wildman–Crippen LogP) is 3.98. The molecule has 4 nitrogen and oxygen atoms in total. The Hall–Kier alpha value is -1.24. The highest BCUT2D eigenvalue weighted by Crippen LogP contribution is 2.51. The van der Waals surface area contributed by atoms with Gasteiger partial charge in [-0.3, -0.25) is 4.90 Å². The molecule has 5 rings (SSSR count). The molecule has 0 bridgehead atoms. The quantitative estimate of drug-likeness (QED) is 0.860. The van der Waals surface area contributed by atoms with Gasteiger partial charge in [-0.2, -0.15) is 0 Å². The van der Waals surface area contributed by atoms with Crippen molar-refractivity contribution in [1.29, 1.82) is 0 Å². The monoisotopic (exact) mass is 388 g/mol. The first kappa shape index (κ1) is 16.9. The van der Waals surface area contributed by atoms with Crippen molar-refractivity contribution in [3.8, 4) is 0 Å². The Kier molecular flexibility index (Phi) is 3.99. The van der Waals surface area contributed by atoms with Crippen molar-refractivity contribution in [1.82, 2.24) is 4.90 Å². The molecular formula is C20H21ClN2O2S. The van der Waals surface area contributed by atoms with Crippen LogP contribution in [0, 0.1) is 5.41 Å². The molecule has 2 aromatic rings. The topological polar surface area (TPSA) is 35.9 Å². The number of fused-ring (bicyclic) bond motifs is 2. The maximum atomic E-state index is 10.7. The van der Waals surface area contributed by atoms with Gasteiger partial charge in [0.05, 0.1) is 30.7 Å². The van der Waals surface area contributed by atoms with Crippen LogP contribution >= 0.6 is 23.4 Å². The summed E-state index contributed by atoms with van der Waals surface area (Å²) < 4.78 is 5.42. The van der Waals surface area contributed by atoms with Crippen LogP contribution in [0.4, 0.5) is 11.4 Å². The maximum Gasteiger partial charge on any atom is 0.113 e. The van der Waals surface area contributed by atoms with E-state index in [0.717, 1.165) is 37.7 Å². The minimum absolute atomic E-state index is 0.125. The molecule has 0 radical (unpaired) electrons. The summed E-state index contributed by atoms with van der Waals surface area (Å²) in [6.45, 7) is 5.48. The van der Waals surface area contributed by atoms with Gasteiger partial charge in [0.1, 0.15) is 6.17 Å². The largest absolute Gasteiger partial charge is 0.390 e. The maximum absolute atomic E-state index is 10.7. The summed E-state index contributed by atoms with van der Waals surface area (Å²) in [5.41, 5.74) is 2.50. The summed E-state index contributed by atoms with van der Waals surface area (Å²) in [4.78, 5) is 7.01. The van der Waals surface area contributed by atoms with Crippen molar-refractivity contribution in [2.75, 3.05) is 31.2 Å². The Morgan fingerprint density at radius 3 is 2.54 bits per heavy atom. The number of benzene rings is 2. The Morgan fingerprint density at radius 1 is 1.12 bits per heavy atom. The van der Waals surface area contributed by atoms with E-state index in [-0.39, 0.29) is 6.17 Å². The first-order chi connectivity index (χ1) is 12.6. The Bertz CT molecular complexity index is 847. The number of anilines is 2. The Labute approximate surface area is 162 Å². The number of likely N-dealkylation sites (tertiary alicyclic amines) is 1. The molecule has 2 unspecified atom stereocenters. The number of aliphatic hydroxyl groups is 1. The lowest BCUT2D eigenvalue weighted by Gasteiger charge is -2.59. The van der Waals surface area contributed by atoms with E-state index in [1.807, 2.05) is 19.1 Å². The van der Waals surface area contributed by atoms with Gasteiger partial charge in [0.25, 0.3) is 0 Å². The molecule has 3 aliphatic heterocycles. The molecule has 0 aliphatic carbocycles. The number of hydrogen-bond donors (Lipinski definition) is 1. The molecule has 3 heterocycles. The fourth-order valence-electron chi connectivity index (χ4n) is 4.30. The van der Waals surface area contributed by atoms with Crippen LogP contribution in [0.1, 0.15) is 6.92 Å². The van der Waals surface area contributed by atoms with Crippen molar-refractivity contribution in [3.63, 3.8) is 0 Å². The van der Waals surface area contributed by atoms with Crippen molar-refractivity contribution < 1.29 is 9.84 Å². The van der Waals surface area contributed by atoms with Crippen molar-refractivity contribution in [3.05, 3.63) is 47.5 Å². The van der Waals surface area contributed by atoms with Crippen LogP contribution in [0.3, 0.4) is 0 Å². The second kappa shape index (κ2) is 6.14. The molecule has 2 aromatic carbocycles. The zero-order valence-corrected chi connectivity index (χ0v) is 16.1. The molecule has 1 spiro atoms. The van der Waals surface area contributed by atoms with Gasteiger partial charge in [0.15, 0.2) is 0 Å². The molecule has 0 aromatic heterocycles. The molecule has 6 heteroatoms. The fourth-order valence-corrected chi connectivity index (χ4v) is 5.52. The average molecular weight is 389 g/mol. The number of halogens is 1. The van der Waals surface area contributed by atoms with Crippen LogP contribution in [-0.4, -0.2) is 48.6 Å². The molecular weight excluding hydrogens is 368 g/mol. The van der Waals surface area contributed by atoms with Gasteiger partial charge in [-0.25, -0.2) is 0 Å². The van der Waals surface area contributed by atoms with Crippen LogP contribution < -0.4 is 4.90 Å². The third kappa shape index (κ3) is 2.57. The molecule has 1 N–H and O–H groups in total. The zero-order valence-electron chi connectivity index (χ0n) is 14.6. The van der Waals surface area contributed by atoms with Gasteiger partial charge in [-0.05, 0) is 37.3 Å². The molecule has 26 heavy (non-hydrogen) atoms. The Balaban J connectivity index is 1.58. The molecule has 0 amide bonds. The van der Waals surface area contributed by atoms with Crippen LogP contribution in [0.15, 0.2) is 52.3 Å². The van der Waals surface area contributed by atoms with Gasteiger partial charge in [0, 0.05) is 33.3 Å². The van der Waals surface area contributed by atoms with Crippen LogP contribution in [0.25, 0.3) is 0 Å². The lowest BCUT2D eigenvalue weighted by molar-refractivity contribution is -0.204. The third-order valence-electron chi connectivity index (χ3n) is 5.49. The van der Waals surface area contributed by atoms with Gasteiger partial charge < -0.3 is 14.7 Å². The van der Waals surface area contributed by atoms with Gasteiger partial charge in [-0.15, -0.1) is 0 Å². The van der Waals surface area contributed by atoms with Gasteiger partial charge in [-0.1, -0.05) is 35.5 Å². The summed E-state index contributed by atoms with van der Waals surface area (Å²) in [5, 5.41) is 11.4. The predicted molar refractivity (Wildman–Crippen MR) is 104 cm³/mol. The van der Waals surface area contributed by atoms with Gasteiger partial charge >= 0.3 is 0 Å². The van der Waals surface area contributed by atoms with Crippen molar-refractivity contribution in [2.45, 2.75) is 29.0 Å². The summed E-state index contributed by atoms with van der Waals surface area (Å²) in [6, 6.07) is 14.4. The first-order valence-corrected chi connectivity index (χ1v) is 10.1. The molecule has 2 atom stereocenters. The van der Waals surface area contributed by atoms with E-state index in [1.165, 1.54) is 9.79 Å². The second-order valence-corrected chi connectivity index (χ2v) is 9.12. The lowest BCUT2D eigenvalue weighted by Crippen LogP contribution is -2.71. The highest BCUT2D eigenvalue weighted by Gasteiger charge is 2.53. The third-order valence-corrected chi connectivity index (χ3v) is 6.85. The smallest absolute Gasteiger partial charge is 0.113 e. The van der Waals surface area contributed by atoms with Crippen molar-refractivity contribution in [2.24, 2.45) is 5.41 Å². The molecule has 0 saturated carbocycles. The summed E-state index contributed by atoms with van der Waals surface area (Å²) in [7, 11) is 0. The number of aliphatic hydroxyl groups excluding tert-OH is 1. The van der Waals surface area contributed by atoms with E-state index in [0.29, 0.717) is 10.4 Å². The highest BCUT2D eigenvalue weighted by molar-refractivity contribution is 7.99. The standard InChI is InChI=1S/C20H21ClN2O2S/c1-13(24)19(22-9-20(10-22)11-25-12-20)23-15-4-2-3-5-17(15)26-18-7-6-14(21)8-16(18)23/h2-8,13,19,24H,9-12H2,1H3. The minimum Gasteiger partial charge on any atom is -0.390 e. The summed E-state index contributed by atoms with van der Waals surface area (Å²) >= 11 is 8.09. The minimum atomic E-state index is -0.503. The second-order valence-electron chi connectivity index (χ2n) is 7.60. The first-order valence-electron chi connectivity index (χ1n) is 8.92. The van der Waals surface area contributed by atoms with Crippen LogP contribution in [-0.2, 0) is 4.74 Å². The van der Waals surface area contributed by atoms with Gasteiger partial charge in [0.2, 0.25) is 0 Å². The van der Waals surface area contributed by atoms with Crippen LogP contribution in [0.2, 0.25) is 5.02 Å². The highest BCUT2D eigenvalue weighted by atomic mass is 35.5. The SMILES string of the molecule is CC(O)C(N1CC2(COC2)C1)N1c2ccccc2Sc2ccc(Cl)cc21. The summed E-state index contributed by atoms with van der Waals surface area (Å²) in [5.74, 6) is 0. The fraction of sp³-hybridized carbons (Fsp3) is 0.400. The van der Waals surface area contributed by atoms with Crippen molar-refractivity contribution >= 4 is 34.7 Å². The number of rotatable bonds is 3. The van der Waals surface area contributed by atoms with E-state index in [4.69, 9.17) is 16.3 Å². The number of nitrogens with zero attached hydrogens (tertiary/aromatic N) is 2. The number of para-hydroxylation sites is 1. The molecule has 2 saturated heterocycles. The zero-order chi connectivity index (χ0) is 17.9. The lowest BCUT2D eigenvalue weighted by atomic mass is 9.77. The normalized spacial score (nSPS) is 22.8. The van der Waals surface area contributed by atoms with Crippen LogP contribution in [0.5, 0.6) is 0 Å². The number of ether oxygens (including phenoxy) is 1. The van der Waals surface area contributed by atoms with E-state index < -0.39 is 6.10 Å². The molecule has 136 valence electrons. The molecule has 3 aliphatic rings. The average Bonchev–Trinajstić information content (AvgIpc) is 2.54. The Morgan fingerprint density at radius 2 is 1.85 bits per heavy atom. The van der Waals surface area contributed by atoms with E-state index in [1.54, 1.807) is 11.8 Å². The summed E-state index contributed by atoms with van der Waals surface area (Å²) in [6.07, 6.45) is -0.628. The van der Waals surface area contributed by atoms with E-state index >= 15 is 0 Å². The van der Waals surface area contributed by atoms with E-state index in [2.05, 4.69) is 40.1 Å².